The maximum atomic E-state index is 10.8. The van der Waals surface area contributed by atoms with Crippen LogP contribution >= 0.6 is 11.6 Å². The van der Waals surface area contributed by atoms with E-state index in [1.54, 1.807) is 12.4 Å². The fraction of sp³-hybridized carbons (Fsp3) is 0.429. The van der Waals surface area contributed by atoms with Crippen molar-refractivity contribution in [2.24, 2.45) is 0 Å². The summed E-state index contributed by atoms with van der Waals surface area (Å²) >= 11 is 5.31. The molecule has 1 unspecified atom stereocenters. The van der Waals surface area contributed by atoms with Gasteiger partial charge in [-0.15, -0.1) is 11.6 Å². The Kier molecular flexibility index (Phi) is 3.10. The highest BCUT2D eigenvalue weighted by molar-refractivity contribution is 6.27. The van der Waals surface area contributed by atoms with Crippen LogP contribution in [0.25, 0.3) is 0 Å². The fourth-order valence-corrected chi connectivity index (χ4v) is 0.940. The van der Waals surface area contributed by atoms with Gasteiger partial charge in [0.15, 0.2) is 0 Å². The van der Waals surface area contributed by atoms with E-state index in [0.717, 1.165) is 5.82 Å². The summed E-state index contributed by atoms with van der Waals surface area (Å²) in [4.78, 5) is 17.7. The number of hydrogen-bond donors (Lipinski definition) is 2. The van der Waals surface area contributed by atoms with Gasteiger partial charge >= 0.3 is 0 Å². The van der Waals surface area contributed by atoms with Gasteiger partial charge in [0.25, 0.3) is 0 Å². The Hall–Kier alpha value is -1.03. The zero-order valence-corrected chi connectivity index (χ0v) is 7.43. The van der Waals surface area contributed by atoms with E-state index >= 15 is 0 Å². The number of amides is 1. The van der Waals surface area contributed by atoms with Gasteiger partial charge in [0, 0.05) is 12.4 Å². The number of alkyl halides is 1. The topological polar surface area (TPSA) is 57.8 Å². The van der Waals surface area contributed by atoms with E-state index in [9.17, 15) is 4.79 Å². The minimum atomic E-state index is -0.194. The van der Waals surface area contributed by atoms with E-state index in [4.69, 9.17) is 11.6 Å². The summed E-state index contributed by atoms with van der Waals surface area (Å²) in [5.74, 6) is 0.513. The van der Waals surface area contributed by atoms with E-state index in [2.05, 4.69) is 15.3 Å². The second-order valence-electron chi connectivity index (χ2n) is 2.40. The molecular formula is C7H10ClN3O. The highest BCUT2D eigenvalue weighted by Gasteiger charge is 2.09. The van der Waals surface area contributed by atoms with Gasteiger partial charge in [0.05, 0.1) is 6.04 Å². The van der Waals surface area contributed by atoms with Gasteiger partial charge in [0.1, 0.15) is 11.7 Å². The molecule has 66 valence electrons. The van der Waals surface area contributed by atoms with Gasteiger partial charge in [0.2, 0.25) is 5.91 Å². The first-order valence-corrected chi connectivity index (χ1v) is 4.12. The summed E-state index contributed by atoms with van der Waals surface area (Å²) in [7, 11) is 0. The lowest BCUT2D eigenvalue weighted by Gasteiger charge is -2.09. The summed E-state index contributed by atoms with van der Waals surface area (Å²) in [6.07, 6.45) is 3.34. The summed E-state index contributed by atoms with van der Waals surface area (Å²) in [6, 6.07) is -0.119. The third-order valence-electron chi connectivity index (χ3n) is 1.43. The largest absolute Gasteiger partial charge is 0.347 e. The van der Waals surface area contributed by atoms with Crippen molar-refractivity contribution in [3.63, 3.8) is 0 Å². The van der Waals surface area contributed by atoms with Crippen molar-refractivity contribution in [2.45, 2.75) is 13.0 Å². The van der Waals surface area contributed by atoms with E-state index in [1.165, 1.54) is 0 Å². The van der Waals surface area contributed by atoms with Crippen LogP contribution in [-0.2, 0) is 4.79 Å². The molecule has 1 aromatic rings. The molecule has 1 amide bonds. The van der Waals surface area contributed by atoms with Crippen LogP contribution in [0.3, 0.4) is 0 Å². The highest BCUT2D eigenvalue weighted by Crippen LogP contribution is 2.04. The van der Waals surface area contributed by atoms with Crippen LogP contribution in [0.1, 0.15) is 18.8 Å². The summed E-state index contributed by atoms with van der Waals surface area (Å²) in [5, 5.41) is 2.67. The number of imidazole rings is 1. The number of hydrogen-bond acceptors (Lipinski definition) is 2. The number of H-pyrrole nitrogens is 1. The van der Waals surface area contributed by atoms with E-state index in [-0.39, 0.29) is 17.8 Å². The number of aromatic nitrogens is 2. The molecule has 0 fully saturated rings. The van der Waals surface area contributed by atoms with Crippen molar-refractivity contribution >= 4 is 17.5 Å². The van der Waals surface area contributed by atoms with Crippen LogP contribution in [0.5, 0.6) is 0 Å². The van der Waals surface area contributed by atoms with Crippen LogP contribution in [0.2, 0.25) is 0 Å². The summed E-state index contributed by atoms with van der Waals surface area (Å²) in [6.45, 7) is 1.84. The zero-order chi connectivity index (χ0) is 8.97. The molecule has 0 saturated heterocycles. The number of carbonyl (C=O) groups excluding carboxylic acids is 1. The van der Waals surface area contributed by atoms with Gasteiger partial charge in [-0.2, -0.15) is 0 Å². The molecule has 4 nitrogen and oxygen atoms in total. The molecule has 0 saturated carbocycles. The van der Waals surface area contributed by atoms with Crippen molar-refractivity contribution in [2.75, 3.05) is 5.88 Å². The van der Waals surface area contributed by atoms with E-state index in [0.29, 0.717) is 0 Å². The van der Waals surface area contributed by atoms with Gasteiger partial charge in [-0.25, -0.2) is 4.98 Å². The Morgan fingerprint density at radius 3 is 3.17 bits per heavy atom. The first-order chi connectivity index (χ1) is 5.74. The molecule has 1 rings (SSSR count). The molecule has 1 atom stereocenters. The molecule has 0 aromatic carbocycles. The predicted molar refractivity (Wildman–Crippen MR) is 45.9 cm³/mol. The molecule has 0 aliphatic heterocycles. The first kappa shape index (κ1) is 9.06. The van der Waals surface area contributed by atoms with Crippen molar-refractivity contribution in [1.82, 2.24) is 15.3 Å². The molecule has 0 bridgehead atoms. The lowest BCUT2D eigenvalue weighted by molar-refractivity contribution is -0.119. The Morgan fingerprint density at radius 1 is 1.92 bits per heavy atom. The van der Waals surface area contributed by atoms with Gasteiger partial charge < -0.3 is 10.3 Å². The standard InChI is InChI=1S/C7H10ClN3O/c1-5(11-6(12)4-8)7-9-2-3-10-7/h2-3,5H,4H2,1H3,(H,9,10)(H,11,12). The number of carbonyl (C=O) groups is 1. The maximum Gasteiger partial charge on any atom is 0.235 e. The first-order valence-electron chi connectivity index (χ1n) is 3.58. The molecule has 5 heteroatoms. The smallest absolute Gasteiger partial charge is 0.235 e. The summed E-state index contributed by atoms with van der Waals surface area (Å²) in [5.41, 5.74) is 0. The molecule has 0 aliphatic carbocycles. The Balaban J connectivity index is 2.49. The third-order valence-corrected chi connectivity index (χ3v) is 1.67. The van der Waals surface area contributed by atoms with Crippen molar-refractivity contribution in [1.29, 1.82) is 0 Å². The molecule has 1 heterocycles. The Labute approximate surface area is 75.3 Å². The Morgan fingerprint density at radius 2 is 2.67 bits per heavy atom. The number of nitrogens with zero attached hydrogens (tertiary/aromatic N) is 1. The average Bonchev–Trinajstić information content (AvgIpc) is 2.56. The normalized spacial score (nSPS) is 12.5. The van der Waals surface area contributed by atoms with Crippen molar-refractivity contribution in [3.8, 4) is 0 Å². The minimum Gasteiger partial charge on any atom is -0.347 e. The predicted octanol–water partition coefficient (Wildman–Crippen LogP) is 0.826. The minimum absolute atomic E-state index is 0.0228. The van der Waals surface area contributed by atoms with Crippen molar-refractivity contribution < 1.29 is 4.79 Å². The van der Waals surface area contributed by atoms with E-state index < -0.39 is 0 Å². The van der Waals surface area contributed by atoms with E-state index in [1.807, 2.05) is 6.92 Å². The summed E-state index contributed by atoms with van der Waals surface area (Å²) < 4.78 is 0. The van der Waals surface area contributed by atoms with Crippen LogP contribution < -0.4 is 5.32 Å². The number of aromatic amines is 1. The molecule has 0 radical (unpaired) electrons. The van der Waals surface area contributed by atoms with Gasteiger partial charge in [-0.1, -0.05) is 0 Å². The molecule has 0 spiro atoms. The van der Waals surface area contributed by atoms with Crippen LogP contribution in [-0.4, -0.2) is 21.8 Å². The van der Waals surface area contributed by atoms with Crippen LogP contribution in [0.4, 0.5) is 0 Å². The number of nitrogens with one attached hydrogen (secondary N) is 2. The number of rotatable bonds is 3. The monoisotopic (exact) mass is 187 g/mol. The third kappa shape index (κ3) is 2.23. The fourth-order valence-electron chi connectivity index (χ4n) is 0.863. The molecule has 2 N–H and O–H groups in total. The molecule has 12 heavy (non-hydrogen) atoms. The molecular weight excluding hydrogens is 178 g/mol. The Bertz CT molecular complexity index is 247. The average molecular weight is 188 g/mol. The quantitative estimate of drug-likeness (QED) is 0.689. The SMILES string of the molecule is CC(NC(=O)CCl)c1ncc[nH]1. The maximum absolute atomic E-state index is 10.8. The lowest BCUT2D eigenvalue weighted by Crippen LogP contribution is -2.28. The van der Waals surface area contributed by atoms with Gasteiger partial charge in [-0.3, -0.25) is 4.79 Å². The zero-order valence-electron chi connectivity index (χ0n) is 6.67. The lowest BCUT2D eigenvalue weighted by atomic mass is 10.3. The molecule has 0 aliphatic rings. The van der Waals surface area contributed by atoms with Gasteiger partial charge in [-0.05, 0) is 6.92 Å². The van der Waals surface area contributed by atoms with Crippen molar-refractivity contribution in [3.05, 3.63) is 18.2 Å². The second-order valence-corrected chi connectivity index (χ2v) is 2.66. The highest BCUT2D eigenvalue weighted by atomic mass is 35.5. The van der Waals surface area contributed by atoms with Crippen LogP contribution in [0, 0.1) is 0 Å². The number of halogens is 1. The molecule has 1 aromatic heterocycles. The second kappa shape index (κ2) is 4.11. The van der Waals surface area contributed by atoms with Crippen LogP contribution in [0.15, 0.2) is 12.4 Å².